The summed E-state index contributed by atoms with van der Waals surface area (Å²) < 4.78 is 0. The van der Waals surface area contributed by atoms with Crippen molar-refractivity contribution in [3.63, 3.8) is 0 Å². The van der Waals surface area contributed by atoms with Crippen LogP contribution >= 0.6 is 0 Å². The number of hydrogen-bond donors (Lipinski definition) is 1. The molecule has 0 saturated heterocycles. The second-order valence-corrected chi connectivity index (χ2v) is 4.89. The first-order valence-electron chi connectivity index (χ1n) is 7.17. The average Bonchev–Trinajstić information content (AvgIpc) is 2.52. The Balaban J connectivity index is 1.96. The minimum Gasteiger partial charge on any atom is -0.481 e. The van der Waals surface area contributed by atoms with E-state index in [2.05, 4.69) is 22.0 Å². The second-order valence-electron chi connectivity index (χ2n) is 4.89. The number of rotatable bonds is 8. The largest absolute Gasteiger partial charge is 0.481 e. The predicted octanol–water partition coefficient (Wildman–Crippen LogP) is 3.00. The lowest BCUT2D eigenvalue weighted by Crippen LogP contribution is -2.27. The van der Waals surface area contributed by atoms with E-state index in [0.717, 1.165) is 30.9 Å². The average molecular weight is 284 g/mol. The molecule has 4 heteroatoms. The number of aromatic nitrogens is 1. The van der Waals surface area contributed by atoms with Crippen LogP contribution in [0.1, 0.15) is 18.5 Å². The molecular weight excluding hydrogens is 264 g/mol. The van der Waals surface area contributed by atoms with Gasteiger partial charge in [0.05, 0.1) is 0 Å². The van der Waals surface area contributed by atoms with Crippen LogP contribution in [0, 0.1) is 0 Å². The van der Waals surface area contributed by atoms with E-state index in [-0.39, 0.29) is 6.42 Å². The lowest BCUT2D eigenvalue weighted by atomic mass is 10.2. The fraction of sp³-hybridized carbons (Fsp3) is 0.294. The van der Waals surface area contributed by atoms with Gasteiger partial charge in [-0.05, 0) is 30.7 Å². The third-order valence-corrected chi connectivity index (χ3v) is 3.30. The number of pyridine rings is 1. The first-order chi connectivity index (χ1) is 10.3. The molecule has 0 saturated carbocycles. The number of carboxylic acids is 1. The Morgan fingerprint density at radius 3 is 2.48 bits per heavy atom. The number of para-hydroxylation sites is 1. The molecule has 110 valence electrons. The third-order valence-electron chi connectivity index (χ3n) is 3.30. The summed E-state index contributed by atoms with van der Waals surface area (Å²) in [6, 6.07) is 16.0. The van der Waals surface area contributed by atoms with Gasteiger partial charge < -0.3 is 10.0 Å². The molecule has 0 bridgehead atoms. The number of anilines is 1. The van der Waals surface area contributed by atoms with Crippen molar-refractivity contribution >= 4 is 11.7 Å². The summed E-state index contributed by atoms with van der Waals surface area (Å²) in [6.07, 6.45) is 3.49. The topological polar surface area (TPSA) is 53.4 Å². The van der Waals surface area contributed by atoms with Crippen LogP contribution in [0.5, 0.6) is 0 Å². The van der Waals surface area contributed by atoms with Crippen molar-refractivity contribution < 1.29 is 9.90 Å². The lowest BCUT2D eigenvalue weighted by molar-refractivity contribution is -0.137. The molecule has 0 aliphatic rings. The smallest absolute Gasteiger partial charge is 0.303 e. The molecule has 0 amide bonds. The summed E-state index contributed by atoms with van der Waals surface area (Å²) in [4.78, 5) is 17.2. The minimum atomic E-state index is -0.743. The van der Waals surface area contributed by atoms with Crippen molar-refractivity contribution in [3.05, 3.63) is 60.4 Å². The van der Waals surface area contributed by atoms with Crippen molar-refractivity contribution in [1.29, 1.82) is 0 Å². The van der Waals surface area contributed by atoms with E-state index in [4.69, 9.17) is 5.11 Å². The molecule has 0 spiro atoms. The van der Waals surface area contributed by atoms with Gasteiger partial charge in [0.15, 0.2) is 0 Å². The van der Waals surface area contributed by atoms with Crippen LogP contribution in [0.4, 0.5) is 5.69 Å². The maximum Gasteiger partial charge on any atom is 0.303 e. The highest BCUT2D eigenvalue weighted by Gasteiger charge is 2.08. The van der Waals surface area contributed by atoms with Gasteiger partial charge in [-0.15, -0.1) is 0 Å². The molecule has 1 aromatic heterocycles. The number of nitrogens with zero attached hydrogens (tertiary/aromatic N) is 2. The number of carboxylic acid groups (broad SMARTS) is 1. The molecule has 1 aromatic carbocycles. The molecule has 0 radical (unpaired) electrons. The molecule has 0 atom stereocenters. The summed E-state index contributed by atoms with van der Waals surface area (Å²) in [5.74, 6) is -0.743. The van der Waals surface area contributed by atoms with Gasteiger partial charge in [-0.1, -0.05) is 24.3 Å². The Kier molecular flexibility index (Phi) is 5.76. The lowest BCUT2D eigenvalue weighted by Gasteiger charge is -2.24. The first-order valence-corrected chi connectivity index (χ1v) is 7.17. The number of benzene rings is 1. The van der Waals surface area contributed by atoms with Crippen molar-refractivity contribution in [3.8, 4) is 0 Å². The van der Waals surface area contributed by atoms with Crippen LogP contribution in [0.25, 0.3) is 0 Å². The number of carbonyl (C=O) groups is 1. The van der Waals surface area contributed by atoms with Gasteiger partial charge in [0.25, 0.3) is 0 Å². The highest BCUT2D eigenvalue weighted by Crippen LogP contribution is 2.14. The standard InChI is InChI=1S/C17H20N2O2/c20-17(21)10-6-13-19(16-8-2-1-3-9-16)14-11-15-7-4-5-12-18-15/h1-5,7-9,12H,6,10-11,13-14H2,(H,20,21). The van der Waals surface area contributed by atoms with Gasteiger partial charge in [-0.25, -0.2) is 0 Å². The Hall–Kier alpha value is -2.36. The van der Waals surface area contributed by atoms with Crippen LogP contribution in [-0.4, -0.2) is 29.1 Å². The normalized spacial score (nSPS) is 10.3. The Morgan fingerprint density at radius 1 is 1.05 bits per heavy atom. The number of hydrogen-bond acceptors (Lipinski definition) is 3. The maximum absolute atomic E-state index is 10.7. The van der Waals surface area contributed by atoms with Gasteiger partial charge in [0.1, 0.15) is 0 Å². The quantitative estimate of drug-likeness (QED) is 0.809. The van der Waals surface area contributed by atoms with E-state index in [9.17, 15) is 4.79 Å². The minimum absolute atomic E-state index is 0.201. The van der Waals surface area contributed by atoms with Crippen molar-refractivity contribution in [2.45, 2.75) is 19.3 Å². The SMILES string of the molecule is O=C(O)CCCN(CCc1ccccn1)c1ccccc1. The van der Waals surface area contributed by atoms with Crippen molar-refractivity contribution in [2.75, 3.05) is 18.0 Å². The van der Waals surface area contributed by atoms with E-state index >= 15 is 0 Å². The fourth-order valence-electron chi connectivity index (χ4n) is 2.23. The highest BCUT2D eigenvalue weighted by atomic mass is 16.4. The van der Waals surface area contributed by atoms with Gasteiger partial charge in [0, 0.05) is 43.5 Å². The molecule has 21 heavy (non-hydrogen) atoms. The molecule has 2 aromatic rings. The van der Waals surface area contributed by atoms with E-state index in [1.54, 1.807) is 6.20 Å². The highest BCUT2D eigenvalue weighted by molar-refractivity contribution is 5.66. The van der Waals surface area contributed by atoms with E-state index in [1.165, 1.54) is 0 Å². The van der Waals surface area contributed by atoms with Crippen LogP contribution in [0.3, 0.4) is 0 Å². The van der Waals surface area contributed by atoms with Gasteiger partial charge >= 0.3 is 5.97 Å². The summed E-state index contributed by atoms with van der Waals surface area (Å²) in [6.45, 7) is 1.57. The molecule has 4 nitrogen and oxygen atoms in total. The second kappa shape index (κ2) is 8.04. The fourth-order valence-corrected chi connectivity index (χ4v) is 2.23. The zero-order chi connectivity index (χ0) is 14.9. The molecule has 0 fully saturated rings. The van der Waals surface area contributed by atoms with Crippen LogP contribution in [0.15, 0.2) is 54.7 Å². The van der Waals surface area contributed by atoms with Gasteiger partial charge in [-0.3, -0.25) is 9.78 Å². The zero-order valence-electron chi connectivity index (χ0n) is 12.0. The zero-order valence-corrected chi connectivity index (χ0v) is 12.0. The summed E-state index contributed by atoms with van der Waals surface area (Å²) in [7, 11) is 0. The van der Waals surface area contributed by atoms with Crippen LogP contribution < -0.4 is 4.90 Å². The van der Waals surface area contributed by atoms with Gasteiger partial charge in [-0.2, -0.15) is 0 Å². The Labute approximate surface area is 125 Å². The van der Waals surface area contributed by atoms with Crippen LogP contribution in [-0.2, 0) is 11.2 Å². The Morgan fingerprint density at radius 2 is 1.81 bits per heavy atom. The summed E-state index contributed by atoms with van der Waals surface area (Å²) in [5, 5.41) is 8.78. The number of aliphatic carboxylic acids is 1. The maximum atomic E-state index is 10.7. The van der Waals surface area contributed by atoms with Gasteiger partial charge in [0.2, 0.25) is 0 Å². The molecule has 2 rings (SSSR count). The molecule has 1 N–H and O–H groups in total. The molecule has 1 heterocycles. The first kappa shape index (κ1) is 15.0. The summed E-state index contributed by atoms with van der Waals surface area (Å²) >= 11 is 0. The van der Waals surface area contributed by atoms with Crippen molar-refractivity contribution in [1.82, 2.24) is 4.98 Å². The molecule has 0 aliphatic carbocycles. The monoisotopic (exact) mass is 284 g/mol. The Bertz CT molecular complexity index is 543. The van der Waals surface area contributed by atoms with Crippen LogP contribution in [0.2, 0.25) is 0 Å². The predicted molar refractivity (Wildman–Crippen MR) is 83.5 cm³/mol. The summed E-state index contributed by atoms with van der Waals surface area (Å²) in [5.41, 5.74) is 2.18. The molecule has 0 aliphatic heterocycles. The van der Waals surface area contributed by atoms with E-state index < -0.39 is 5.97 Å². The van der Waals surface area contributed by atoms with E-state index in [0.29, 0.717) is 6.42 Å². The molecule has 0 unspecified atom stereocenters. The molecular formula is C17H20N2O2. The van der Waals surface area contributed by atoms with Crippen molar-refractivity contribution in [2.24, 2.45) is 0 Å². The van der Waals surface area contributed by atoms with E-state index in [1.807, 2.05) is 36.4 Å². The third kappa shape index (κ3) is 5.26.